The Morgan fingerprint density at radius 2 is 1.76 bits per heavy atom. The highest BCUT2D eigenvalue weighted by Crippen LogP contribution is 2.34. The molecule has 0 saturated heterocycles. The Labute approximate surface area is 274 Å². The molecule has 3 aromatic rings. The fraction of sp³-hybridized carbons (Fsp3) is 0.226. The number of halogens is 3. The highest BCUT2D eigenvalue weighted by Gasteiger charge is 2.32. The standard InChI is InChI=1S/C31H29Cl3N4O7/c1-4-43-30(40)28-17(2)36-31(41)37-29(28)19-6-9-25(26(13-19)42-3)45-16-27(39)38-35-14-20-12-21(32)7-10-24(20)44-15-18-5-8-22(33)23(34)11-18/h5-14,29H,4,15-16H2,1-3H3,(H,38,39)(H2,36,37,41)/b35-14+/t29-/m1/s1. The van der Waals surface area contributed by atoms with Crippen molar-refractivity contribution >= 4 is 58.9 Å². The third-order valence-corrected chi connectivity index (χ3v) is 7.36. The summed E-state index contributed by atoms with van der Waals surface area (Å²) >= 11 is 18.2. The van der Waals surface area contributed by atoms with Crippen molar-refractivity contribution in [2.24, 2.45) is 5.10 Å². The number of allylic oxidation sites excluding steroid dienone is 1. The molecule has 1 aliphatic rings. The van der Waals surface area contributed by atoms with Crippen molar-refractivity contribution in [1.82, 2.24) is 16.1 Å². The summed E-state index contributed by atoms with van der Waals surface area (Å²) in [5.74, 6) is -0.101. The normalized spacial score (nSPS) is 14.4. The molecule has 3 N–H and O–H groups in total. The minimum absolute atomic E-state index is 0.173. The smallest absolute Gasteiger partial charge is 0.338 e. The van der Waals surface area contributed by atoms with Gasteiger partial charge in [0.25, 0.3) is 5.91 Å². The van der Waals surface area contributed by atoms with Crippen LogP contribution in [0, 0.1) is 0 Å². The van der Waals surface area contributed by atoms with Gasteiger partial charge in [-0.1, -0.05) is 46.9 Å². The lowest BCUT2D eigenvalue weighted by molar-refractivity contribution is -0.139. The van der Waals surface area contributed by atoms with Crippen molar-refractivity contribution in [3.05, 3.63) is 97.6 Å². The lowest BCUT2D eigenvalue weighted by Gasteiger charge is -2.28. The van der Waals surface area contributed by atoms with Crippen LogP contribution in [0.1, 0.15) is 36.6 Å². The monoisotopic (exact) mass is 674 g/mol. The molecule has 0 spiro atoms. The first-order valence-corrected chi connectivity index (χ1v) is 14.7. The van der Waals surface area contributed by atoms with Crippen molar-refractivity contribution in [3.63, 3.8) is 0 Å². The molecule has 0 aliphatic carbocycles. The first-order valence-electron chi connectivity index (χ1n) is 13.5. The van der Waals surface area contributed by atoms with Crippen molar-refractivity contribution in [3.8, 4) is 17.2 Å². The van der Waals surface area contributed by atoms with Gasteiger partial charge in [-0.15, -0.1) is 0 Å². The van der Waals surface area contributed by atoms with E-state index < -0.39 is 23.9 Å². The van der Waals surface area contributed by atoms with Gasteiger partial charge in [0.1, 0.15) is 12.4 Å². The zero-order valence-electron chi connectivity index (χ0n) is 24.4. The number of urea groups is 1. The van der Waals surface area contributed by atoms with E-state index in [4.69, 9.17) is 53.8 Å². The second-order valence-corrected chi connectivity index (χ2v) is 10.8. The van der Waals surface area contributed by atoms with Gasteiger partial charge < -0.3 is 29.6 Å². The van der Waals surface area contributed by atoms with Gasteiger partial charge in [-0.25, -0.2) is 15.0 Å². The molecule has 236 valence electrons. The van der Waals surface area contributed by atoms with Crippen LogP contribution >= 0.6 is 34.8 Å². The second-order valence-electron chi connectivity index (χ2n) is 9.50. The molecule has 0 saturated carbocycles. The summed E-state index contributed by atoms with van der Waals surface area (Å²) in [6.07, 6.45) is 1.40. The average Bonchev–Trinajstić information content (AvgIpc) is 3.00. The fourth-order valence-corrected chi connectivity index (χ4v) is 4.80. The predicted molar refractivity (Wildman–Crippen MR) is 170 cm³/mol. The summed E-state index contributed by atoms with van der Waals surface area (Å²) < 4.78 is 22.2. The molecule has 1 heterocycles. The zero-order chi connectivity index (χ0) is 32.5. The fourth-order valence-electron chi connectivity index (χ4n) is 4.30. The Bertz CT molecular complexity index is 1660. The maximum Gasteiger partial charge on any atom is 0.338 e. The predicted octanol–water partition coefficient (Wildman–Crippen LogP) is 5.95. The first kappa shape index (κ1) is 33.4. The molecule has 0 unspecified atom stereocenters. The highest BCUT2D eigenvalue weighted by atomic mass is 35.5. The number of ether oxygens (including phenoxy) is 4. The number of carbonyl (C=O) groups is 3. The number of benzene rings is 3. The van der Waals surface area contributed by atoms with Gasteiger partial charge in [-0.05, 0) is 67.4 Å². The number of hydrogen-bond acceptors (Lipinski definition) is 8. The maximum absolute atomic E-state index is 12.6. The lowest BCUT2D eigenvalue weighted by Crippen LogP contribution is -2.45. The molecule has 45 heavy (non-hydrogen) atoms. The summed E-state index contributed by atoms with van der Waals surface area (Å²) in [6, 6.07) is 13.7. The number of nitrogens with zero attached hydrogens (tertiary/aromatic N) is 1. The molecule has 14 heteroatoms. The molecule has 1 aliphatic heterocycles. The number of rotatable bonds is 12. The number of carbonyl (C=O) groups excluding carboxylic acids is 3. The molecule has 0 radical (unpaired) electrons. The highest BCUT2D eigenvalue weighted by molar-refractivity contribution is 6.42. The maximum atomic E-state index is 12.6. The third kappa shape index (κ3) is 8.81. The summed E-state index contributed by atoms with van der Waals surface area (Å²) in [6.45, 7) is 3.31. The number of hydrazone groups is 1. The molecular weight excluding hydrogens is 647 g/mol. The van der Waals surface area contributed by atoms with E-state index in [9.17, 15) is 14.4 Å². The van der Waals surface area contributed by atoms with E-state index >= 15 is 0 Å². The number of esters is 1. The average molecular weight is 676 g/mol. The van der Waals surface area contributed by atoms with Crippen LogP contribution in [0.15, 0.2) is 71.0 Å². The molecule has 0 bridgehead atoms. The minimum atomic E-state index is -0.789. The minimum Gasteiger partial charge on any atom is -0.493 e. The molecule has 0 aromatic heterocycles. The van der Waals surface area contributed by atoms with Crippen LogP contribution in [-0.2, 0) is 20.9 Å². The zero-order valence-corrected chi connectivity index (χ0v) is 26.7. The van der Waals surface area contributed by atoms with Crippen molar-refractivity contribution in [2.45, 2.75) is 26.5 Å². The number of hydrogen-bond donors (Lipinski definition) is 3. The van der Waals surface area contributed by atoms with Crippen molar-refractivity contribution < 1.29 is 33.3 Å². The van der Waals surface area contributed by atoms with Crippen molar-refractivity contribution in [1.29, 1.82) is 0 Å². The lowest BCUT2D eigenvalue weighted by atomic mass is 9.95. The van der Waals surface area contributed by atoms with Gasteiger partial charge in [-0.2, -0.15) is 5.10 Å². The van der Waals surface area contributed by atoms with Gasteiger partial charge >= 0.3 is 12.0 Å². The quantitative estimate of drug-likeness (QED) is 0.123. The van der Waals surface area contributed by atoms with Gasteiger partial charge in [-0.3, -0.25) is 4.79 Å². The van der Waals surface area contributed by atoms with Crippen molar-refractivity contribution in [2.75, 3.05) is 20.3 Å². The van der Waals surface area contributed by atoms with E-state index in [0.717, 1.165) is 5.56 Å². The molecule has 1 atom stereocenters. The molecule has 3 amide bonds. The third-order valence-electron chi connectivity index (χ3n) is 6.39. The Hall–Kier alpha value is -4.45. The van der Waals surface area contributed by atoms with Gasteiger partial charge in [0.2, 0.25) is 0 Å². The van der Waals surface area contributed by atoms with Crippen LogP contribution in [0.2, 0.25) is 15.1 Å². The molecule has 3 aromatic carbocycles. The Morgan fingerprint density at radius 1 is 0.978 bits per heavy atom. The van der Waals surface area contributed by atoms with E-state index in [2.05, 4.69) is 21.2 Å². The second kappa shape index (κ2) is 15.5. The van der Waals surface area contributed by atoms with Crippen LogP contribution in [0.25, 0.3) is 0 Å². The summed E-state index contributed by atoms with van der Waals surface area (Å²) in [4.78, 5) is 37.3. The Morgan fingerprint density at radius 3 is 2.49 bits per heavy atom. The molecule has 4 rings (SSSR count). The van der Waals surface area contributed by atoms with E-state index in [-0.39, 0.29) is 36.9 Å². The van der Waals surface area contributed by atoms with Gasteiger partial charge in [0.05, 0.1) is 41.6 Å². The largest absolute Gasteiger partial charge is 0.493 e. The van der Waals surface area contributed by atoms with E-state index in [1.54, 1.807) is 68.4 Å². The van der Waals surface area contributed by atoms with E-state index in [1.165, 1.54) is 13.3 Å². The number of amides is 3. The van der Waals surface area contributed by atoms with Crippen LogP contribution < -0.4 is 30.3 Å². The number of nitrogens with one attached hydrogen (secondary N) is 3. The summed E-state index contributed by atoms with van der Waals surface area (Å²) in [5, 5.41) is 10.6. The van der Waals surface area contributed by atoms with Crippen LogP contribution in [0.5, 0.6) is 17.2 Å². The van der Waals surface area contributed by atoms with Crippen LogP contribution in [0.4, 0.5) is 4.79 Å². The first-order chi connectivity index (χ1) is 21.6. The van der Waals surface area contributed by atoms with Crippen LogP contribution in [0.3, 0.4) is 0 Å². The Kier molecular flexibility index (Phi) is 11.5. The molecule has 11 nitrogen and oxygen atoms in total. The Balaban J connectivity index is 1.39. The SMILES string of the molecule is CCOC(=O)C1=C(C)NC(=O)N[C@@H]1c1ccc(OCC(=O)N/N=C/c2cc(Cl)ccc2OCc2ccc(Cl)c(Cl)c2)c(OC)c1. The summed E-state index contributed by atoms with van der Waals surface area (Å²) in [5.41, 5.74) is 4.91. The molecular formula is C31H29Cl3N4O7. The van der Waals surface area contributed by atoms with E-state index in [1.807, 2.05) is 0 Å². The van der Waals surface area contributed by atoms with Crippen LogP contribution in [-0.4, -0.2) is 44.4 Å². The van der Waals surface area contributed by atoms with Gasteiger partial charge in [0, 0.05) is 16.3 Å². The van der Waals surface area contributed by atoms with E-state index in [0.29, 0.717) is 37.6 Å². The number of methoxy groups -OCH3 is 1. The van der Waals surface area contributed by atoms with Gasteiger partial charge in [0.15, 0.2) is 18.1 Å². The molecule has 0 fully saturated rings. The summed E-state index contributed by atoms with van der Waals surface area (Å²) in [7, 11) is 1.43. The topological polar surface area (TPSA) is 137 Å².